The van der Waals surface area contributed by atoms with Gasteiger partial charge < -0.3 is 20.7 Å². The van der Waals surface area contributed by atoms with Gasteiger partial charge in [0.1, 0.15) is 11.7 Å². The first-order chi connectivity index (χ1) is 13.4. The van der Waals surface area contributed by atoms with Gasteiger partial charge in [-0.3, -0.25) is 14.6 Å². The van der Waals surface area contributed by atoms with Gasteiger partial charge in [-0.2, -0.15) is 4.98 Å². The van der Waals surface area contributed by atoms with Gasteiger partial charge in [0.25, 0.3) is 11.5 Å². The van der Waals surface area contributed by atoms with Gasteiger partial charge >= 0.3 is 5.97 Å². The van der Waals surface area contributed by atoms with Crippen molar-refractivity contribution >= 4 is 40.2 Å². The number of hydrogen-bond donors (Lipinski definition) is 4. The minimum absolute atomic E-state index is 0.0427. The van der Waals surface area contributed by atoms with Crippen LogP contribution in [0.3, 0.4) is 0 Å². The minimum Gasteiger partial charge on any atom is -0.480 e. The van der Waals surface area contributed by atoms with Crippen LogP contribution in [0.5, 0.6) is 0 Å². The number of nitrogens with one attached hydrogen (secondary N) is 2. The Bertz CT molecular complexity index is 1130. The van der Waals surface area contributed by atoms with Crippen molar-refractivity contribution in [2.75, 3.05) is 12.3 Å². The van der Waals surface area contributed by atoms with Crippen LogP contribution in [0.1, 0.15) is 45.8 Å². The lowest BCUT2D eigenvalue weighted by Gasteiger charge is -2.20. The molecule has 1 amide bonds. The van der Waals surface area contributed by atoms with E-state index in [9.17, 15) is 19.5 Å². The Morgan fingerprint density at radius 2 is 2.21 bits per heavy atom. The molecule has 1 unspecified atom stereocenters. The molecule has 0 spiro atoms. The normalized spacial score (nSPS) is 17.9. The molecule has 3 aromatic heterocycles. The van der Waals surface area contributed by atoms with Crippen molar-refractivity contribution in [3.8, 4) is 0 Å². The largest absolute Gasteiger partial charge is 0.480 e. The Kier molecular flexibility index (Phi) is 4.42. The van der Waals surface area contributed by atoms with Gasteiger partial charge in [0.2, 0.25) is 5.95 Å². The molecule has 0 saturated carbocycles. The Morgan fingerprint density at radius 3 is 2.96 bits per heavy atom. The Labute approximate surface area is 163 Å². The fourth-order valence-electron chi connectivity index (χ4n) is 3.68. The zero-order valence-corrected chi connectivity index (χ0v) is 15.9. The molecule has 10 heteroatoms. The number of hydrogen-bond acceptors (Lipinski definition) is 6. The van der Waals surface area contributed by atoms with E-state index >= 15 is 0 Å². The van der Waals surface area contributed by atoms with E-state index in [2.05, 4.69) is 15.0 Å². The van der Waals surface area contributed by atoms with Gasteiger partial charge in [-0.1, -0.05) is 6.92 Å². The number of aromatic nitrogens is 3. The first kappa shape index (κ1) is 18.2. The van der Waals surface area contributed by atoms with E-state index in [0.717, 1.165) is 10.4 Å². The summed E-state index contributed by atoms with van der Waals surface area (Å²) in [5, 5.41) is 9.74. The zero-order chi connectivity index (χ0) is 20.0. The molecular formula is C18H19N5O4S. The topological polar surface area (TPSA) is 145 Å². The van der Waals surface area contributed by atoms with Crippen molar-refractivity contribution in [1.29, 1.82) is 0 Å². The summed E-state index contributed by atoms with van der Waals surface area (Å²) in [7, 11) is 0. The second-order valence-corrected chi connectivity index (χ2v) is 7.95. The van der Waals surface area contributed by atoms with Crippen LogP contribution >= 0.6 is 11.3 Å². The molecule has 3 aromatic rings. The highest BCUT2D eigenvalue weighted by atomic mass is 32.1. The van der Waals surface area contributed by atoms with Crippen LogP contribution in [0, 0.1) is 0 Å². The third kappa shape index (κ3) is 2.95. The van der Waals surface area contributed by atoms with E-state index in [-0.39, 0.29) is 23.3 Å². The summed E-state index contributed by atoms with van der Waals surface area (Å²) in [6, 6.07) is 2.79. The molecule has 0 bridgehead atoms. The first-order valence-corrected chi connectivity index (χ1v) is 9.68. The summed E-state index contributed by atoms with van der Waals surface area (Å²) in [5.74, 6) is -1.35. The SMILES string of the molecule is CC(c1ccc(C(=O)N2CCC[C@H]2C(=O)O)s1)c1c[nH]c2nc(N)[nH]c(=O)c12. The van der Waals surface area contributed by atoms with Crippen molar-refractivity contribution in [2.24, 2.45) is 0 Å². The van der Waals surface area contributed by atoms with Crippen LogP contribution in [0.4, 0.5) is 5.95 Å². The molecule has 1 aliphatic rings. The standard InChI is InChI=1S/C18H19N5O4S/c1-8(9-7-20-14-13(9)15(24)22-18(19)21-14)11-4-5-12(28-11)16(25)23-6-2-3-10(23)17(26)27/h4-5,7-8,10H,2-3,6H2,1H3,(H,26,27)(H4,19,20,21,22,24)/t8?,10-/m0/s1. The molecule has 2 atom stereocenters. The van der Waals surface area contributed by atoms with E-state index in [1.165, 1.54) is 16.2 Å². The molecule has 1 aliphatic heterocycles. The van der Waals surface area contributed by atoms with Crippen molar-refractivity contribution < 1.29 is 14.7 Å². The Balaban J connectivity index is 1.64. The molecule has 0 aromatic carbocycles. The van der Waals surface area contributed by atoms with Gasteiger partial charge in [0, 0.05) is 23.5 Å². The number of likely N-dealkylation sites (tertiary alicyclic amines) is 1. The van der Waals surface area contributed by atoms with E-state index in [1.54, 1.807) is 12.3 Å². The average molecular weight is 401 g/mol. The number of anilines is 1. The Morgan fingerprint density at radius 1 is 1.43 bits per heavy atom. The summed E-state index contributed by atoms with van der Waals surface area (Å²) in [5.41, 5.74) is 6.43. The number of fused-ring (bicyclic) bond motifs is 1. The number of nitrogens with zero attached hydrogens (tertiary/aromatic N) is 2. The molecule has 28 heavy (non-hydrogen) atoms. The third-order valence-corrected chi connectivity index (χ3v) is 6.38. The van der Waals surface area contributed by atoms with E-state index in [4.69, 9.17) is 5.73 Å². The molecule has 0 radical (unpaired) electrons. The summed E-state index contributed by atoms with van der Waals surface area (Å²) >= 11 is 1.31. The van der Waals surface area contributed by atoms with Crippen LogP contribution in [0.2, 0.25) is 0 Å². The molecule has 9 nitrogen and oxygen atoms in total. The maximum absolute atomic E-state index is 12.8. The van der Waals surface area contributed by atoms with Crippen molar-refractivity contribution in [2.45, 2.75) is 31.7 Å². The molecule has 4 rings (SSSR count). The van der Waals surface area contributed by atoms with Crippen LogP contribution in [-0.4, -0.2) is 49.4 Å². The maximum atomic E-state index is 12.8. The molecule has 4 heterocycles. The van der Waals surface area contributed by atoms with Gasteiger partial charge in [-0.05, 0) is 30.5 Å². The predicted molar refractivity (Wildman–Crippen MR) is 105 cm³/mol. The fraction of sp³-hybridized carbons (Fsp3) is 0.333. The number of thiophene rings is 1. The van der Waals surface area contributed by atoms with Crippen molar-refractivity contribution in [3.63, 3.8) is 0 Å². The summed E-state index contributed by atoms with van der Waals surface area (Å²) in [6.45, 7) is 2.39. The summed E-state index contributed by atoms with van der Waals surface area (Å²) in [4.78, 5) is 48.8. The van der Waals surface area contributed by atoms with Gasteiger partial charge in [0.15, 0.2) is 0 Å². The van der Waals surface area contributed by atoms with E-state index in [0.29, 0.717) is 35.3 Å². The van der Waals surface area contributed by atoms with Gasteiger partial charge in [-0.15, -0.1) is 11.3 Å². The number of H-pyrrole nitrogens is 2. The number of aliphatic carboxylic acids is 1. The van der Waals surface area contributed by atoms with Crippen LogP contribution in [0.25, 0.3) is 11.0 Å². The van der Waals surface area contributed by atoms with Gasteiger partial charge in [0.05, 0.1) is 10.3 Å². The molecule has 1 saturated heterocycles. The fourth-order valence-corrected chi connectivity index (χ4v) is 4.72. The average Bonchev–Trinajstić information content (AvgIpc) is 3.38. The number of rotatable bonds is 4. The second kappa shape index (κ2) is 6.79. The lowest BCUT2D eigenvalue weighted by Crippen LogP contribution is -2.40. The number of nitrogens with two attached hydrogens (primary N) is 1. The van der Waals surface area contributed by atoms with Crippen LogP contribution in [0.15, 0.2) is 23.1 Å². The van der Waals surface area contributed by atoms with Crippen molar-refractivity contribution in [1.82, 2.24) is 19.9 Å². The number of carboxylic acids is 1. The predicted octanol–water partition coefficient (Wildman–Crippen LogP) is 1.74. The zero-order valence-electron chi connectivity index (χ0n) is 15.1. The summed E-state index contributed by atoms with van der Waals surface area (Å²) < 4.78 is 0. The Hall–Kier alpha value is -3.14. The third-order valence-electron chi connectivity index (χ3n) is 5.12. The number of carboxylic acid groups (broad SMARTS) is 1. The molecule has 0 aliphatic carbocycles. The monoisotopic (exact) mass is 401 g/mol. The molecule has 1 fully saturated rings. The first-order valence-electron chi connectivity index (χ1n) is 8.87. The maximum Gasteiger partial charge on any atom is 0.326 e. The minimum atomic E-state index is -0.971. The second-order valence-electron chi connectivity index (χ2n) is 6.84. The summed E-state index contributed by atoms with van der Waals surface area (Å²) in [6.07, 6.45) is 2.88. The highest BCUT2D eigenvalue weighted by molar-refractivity contribution is 7.14. The van der Waals surface area contributed by atoms with Crippen LogP contribution < -0.4 is 11.3 Å². The number of aromatic amines is 2. The highest BCUT2D eigenvalue weighted by Crippen LogP contribution is 2.34. The lowest BCUT2D eigenvalue weighted by molar-refractivity contribution is -0.141. The number of amides is 1. The highest BCUT2D eigenvalue weighted by Gasteiger charge is 2.35. The van der Waals surface area contributed by atoms with E-state index in [1.807, 2.05) is 13.0 Å². The number of carbonyl (C=O) groups excluding carboxylic acids is 1. The molecular weight excluding hydrogens is 382 g/mol. The lowest BCUT2D eigenvalue weighted by atomic mass is 10.0. The quantitative estimate of drug-likeness (QED) is 0.524. The van der Waals surface area contributed by atoms with E-state index < -0.39 is 12.0 Å². The molecule has 5 N–H and O–H groups in total. The molecule has 146 valence electrons. The number of nitrogen functional groups attached to an aromatic ring is 1. The van der Waals surface area contributed by atoms with Crippen LogP contribution in [-0.2, 0) is 4.79 Å². The smallest absolute Gasteiger partial charge is 0.326 e. The van der Waals surface area contributed by atoms with Gasteiger partial charge in [-0.25, -0.2) is 4.79 Å². The van der Waals surface area contributed by atoms with Crippen molar-refractivity contribution in [3.05, 3.63) is 44.0 Å². The number of carbonyl (C=O) groups is 2.